The van der Waals surface area contributed by atoms with Crippen molar-refractivity contribution >= 4 is 22.5 Å². The van der Waals surface area contributed by atoms with Gasteiger partial charge in [-0.1, -0.05) is 54.1 Å². The van der Waals surface area contributed by atoms with Crippen LogP contribution in [-0.2, 0) is 0 Å². The molecule has 3 nitrogen and oxygen atoms in total. The van der Waals surface area contributed by atoms with Crippen LogP contribution in [0.2, 0.25) is 5.02 Å². The highest BCUT2D eigenvalue weighted by Gasteiger charge is 2.11. The SMILES string of the molecule is Cc1ccc(-c2ncc3ccccc3n2)nc1-c1ccccc1Cl. The van der Waals surface area contributed by atoms with E-state index in [-0.39, 0.29) is 0 Å². The molecule has 24 heavy (non-hydrogen) atoms. The molecule has 2 aromatic heterocycles. The highest BCUT2D eigenvalue weighted by molar-refractivity contribution is 6.33. The lowest BCUT2D eigenvalue weighted by Gasteiger charge is -2.09. The molecule has 0 unspecified atom stereocenters. The van der Waals surface area contributed by atoms with Crippen molar-refractivity contribution in [3.05, 3.63) is 77.4 Å². The van der Waals surface area contributed by atoms with Gasteiger partial charge in [0, 0.05) is 22.2 Å². The van der Waals surface area contributed by atoms with Crippen molar-refractivity contribution in [3.8, 4) is 22.8 Å². The van der Waals surface area contributed by atoms with E-state index < -0.39 is 0 Å². The molecule has 2 heterocycles. The molecule has 0 saturated carbocycles. The molecule has 0 aliphatic rings. The normalized spacial score (nSPS) is 10.9. The van der Waals surface area contributed by atoms with Crippen molar-refractivity contribution in [1.82, 2.24) is 15.0 Å². The first-order valence-electron chi connectivity index (χ1n) is 7.67. The van der Waals surface area contributed by atoms with Gasteiger partial charge in [-0.15, -0.1) is 0 Å². The summed E-state index contributed by atoms with van der Waals surface area (Å²) in [6.45, 7) is 2.02. The zero-order chi connectivity index (χ0) is 16.5. The number of fused-ring (bicyclic) bond motifs is 1. The number of nitrogens with zero attached hydrogens (tertiary/aromatic N) is 3. The van der Waals surface area contributed by atoms with E-state index in [2.05, 4.69) is 9.97 Å². The Hall–Kier alpha value is -2.78. The Balaban J connectivity index is 1.87. The lowest BCUT2D eigenvalue weighted by atomic mass is 10.1. The molecular weight excluding hydrogens is 318 g/mol. The Kier molecular flexibility index (Phi) is 3.71. The highest BCUT2D eigenvalue weighted by Crippen LogP contribution is 2.30. The van der Waals surface area contributed by atoms with Crippen LogP contribution >= 0.6 is 11.6 Å². The lowest BCUT2D eigenvalue weighted by Crippen LogP contribution is -1.96. The topological polar surface area (TPSA) is 38.7 Å². The zero-order valence-corrected chi connectivity index (χ0v) is 13.8. The number of rotatable bonds is 2. The highest BCUT2D eigenvalue weighted by atomic mass is 35.5. The third kappa shape index (κ3) is 2.63. The van der Waals surface area contributed by atoms with Gasteiger partial charge in [-0.2, -0.15) is 0 Å². The number of hydrogen-bond acceptors (Lipinski definition) is 3. The maximum absolute atomic E-state index is 6.34. The van der Waals surface area contributed by atoms with Crippen molar-refractivity contribution in [2.24, 2.45) is 0 Å². The van der Waals surface area contributed by atoms with Crippen LogP contribution in [0.5, 0.6) is 0 Å². The fourth-order valence-electron chi connectivity index (χ4n) is 2.67. The molecule has 116 valence electrons. The van der Waals surface area contributed by atoms with Crippen molar-refractivity contribution in [2.45, 2.75) is 6.92 Å². The van der Waals surface area contributed by atoms with E-state index in [1.807, 2.05) is 73.8 Å². The van der Waals surface area contributed by atoms with Crippen LogP contribution in [0.25, 0.3) is 33.7 Å². The van der Waals surface area contributed by atoms with E-state index in [0.29, 0.717) is 10.8 Å². The Morgan fingerprint density at radius 1 is 0.833 bits per heavy atom. The van der Waals surface area contributed by atoms with Crippen LogP contribution < -0.4 is 0 Å². The van der Waals surface area contributed by atoms with Crippen LogP contribution in [-0.4, -0.2) is 15.0 Å². The minimum atomic E-state index is 0.613. The van der Waals surface area contributed by atoms with Crippen LogP contribution in [0.3, 0.4) is 0 Å². The van der Waals surface area contributed by atoms with Gasteiger partial charge in [0.1, 0.15) is 5.69 Å². The molecule has 0 N–H and O–H groups in total. The summed E-state index contributed by atoms with van der Waals surface area (Å²) in [5, 5.41) is 1.70. The van der Waals surface area contributed by atoms with Gasteiger partial charge < -0.3 is 0 Å². The third-order valence-corrected chi connectivity index (χ3v) is 4.27. The second-order valence-corrected chi connectivity index (χ2v) is 6.00. The summed E-state index contributed by atoms with van der Waals surface area (Å²) in [7, 11) is 0. The third-order valence-electron chi connectivity index (χ3n) is 3.94. The Morgan fingerprint density at radius 2 is 1.62 bits per heavy atom. The maximum atomic E-state index is 6.34. The van der Waals surface area contributed by atoms with Crippen molar-refractivity contribution in [1.29, 1.82) is 0 Å². The minimum Gasteiger partial charge on any atom is -0.244 e. The molecule has 0 spiro atoms. The van der Waals surface area contributed by atoms with Crippen LogP contribution in [0, 0.1) is 6.92 Å². The fraction of sp³-hybridized carbons (Fsp3) is 0.0500. The van der Waals surface area contributed by atoms with Gasteiger partial charge in [-0.3, -0.25) is 0 Å². The summed E-state index contributed by atoms with van der Waals surface area (Å²) in [6.07, 6.45) is 1.83. The van der Waals surface area contributed by atoms with E-state index in [9.17, 15) is 0 Å². The van der Waals surface area contributed by atoms with Crippen LogP contribution in [0.4, 0.5) is 0 Å². The molecular formula is C20H14ClN3. The number of aromatic nitrogens is 3. The van der Waals surface area contributed by atoms with Crippen molar-refractivity contribution in [2.75, 3.05) is 0 Å². The van der Waals surface area contributed by atoms with Gasteiger partial charge in [0.15, 0.2) is 5.82 Å². The van der Waals surface area contributed by atoms with Crippen LogP contribution in [0.1, 0.15) is 5.56 Å². The molecule has 0 amide bonds. The van der Waals surface area contributed by atoms with E-state index in [1.54, 1.807) is 0 Å². The Bertz CT molecular complexity index is 1040. The monoisotopic (exact) mass is 331 g/mol. The number of benzene rings is 2. The smallest absolute Gasteiger partial charge is 0.178 e. The summed E-state index contributed by atoms with van der Waals surface area (Å²) in [6, 6.07) is 19.6. The van der Waals surface area contributed by atoms with E-state index >= 15 is 0 Å². The largest absolute Gasteiger partial charge is 0.244 e. The van der Waals surface area contributed by atoms with Gasteiger partial charge in [0.2, 0.25) is 0 Å². The summed E-state index contributed by atoms with van der Waals surface area (Å²) in [5.74, 6) is 0.613. The maximum Gasteiger partial charge on any atom is 0.178 e. The van der Waals surface area contributed by atoms with E-state index in [4.69, 9.17) is 16.6 Å². The summed E-state index contributed by atoms with van der Waals surface area (Å²) >= 11 is 6.34. The molecule has 4 heteroatoms. The zero-order valence-electron chi connectivity index (χ0n) is 13.1. The molecule has 0 atom stereocenters. The first-order valence-corrected chi connectivity index (χ1v) is 8.05. The summed E-state index contributed by atoms with van der Waals surface area (Å²) < 4.78 is 0. The van der Waals surface area contributed by atoms with Crippen LogP contribution in [0.15, 0.2) is 66.9 Å². The average molecular weight is 332 g/mol. The number of para-hydroxylation sites is 1. The van der Waals surface area contributed by atoms with E-state index in [1.165, 1.54) is 0 Å². The molecule has 0 fully saturated rings. The van der Waals surface area contributed by atoms with Gasteiger partial charge in [0.25, 0.3) is 0 Å². The quantitative estimate of drug-likeness (QED) is 0.499. The average Bonchev–Trinajstić information content (AvgIpc) is 2.62. The number of pyridine rings is 1. The van der Waals surface area contributed by atoms with Crippen molar-refractivity contribution in [3.63, 3.8) is 0 Å². The molecule has 0 saturated heterocycles. The molecule has 0 radical (unpaired) electrons. The number of halogens is 1. The molecule has 4 aromatic rings. The number of hydrogen-bond donors (Lipinski definition) is 0. The predicted molar refractivity (Wildman–Crippen MR) is 98.0 cm³/mol. The predicted octanol–water partition coefficient (Wildman–Crippen LogP) is 5.32. The first-order chi connectivity index (χ1) is 11.7. The summed E-state index contributed by atoms with van der Waals surface area (Å²) in [4.78, 5) is 13.9. The molecule has 0 aliphatic carbocycles. The second-order valence-electron chi connectivity index (χ2n) is 5.59. The molecule has 4 rings (SSSR count). The fourth-order valence-corrected chi connectivity index (χ4v) is 2.90. The van der Waals surface area contributed by atoms with Gasteiger partial charge in [-0.05, 0) is 30.7 Å². The summed E-state index contributed by atoms with van der Waals surface area (Å²) in [5.41, 5.74) is 4.48. The molecule has 2 aromatic carbocycles. The second kappa shape index (κ2) is 6.02. The molecule has 0 bridgehead atoms. The Labute approximate surface area is 145 Å². The lowest BCUT2D eigenvalue weighted by molar-refractivity contribution is 1.17. The van der Waals surface area contributed by atoms with E-state index in [0.717, 1.165) is 33.4 Å². The number of aryl methyl sites for hydroxylation is 1. The van der Waals surface area contributed by atoms with Gasteiger partial charge >= 0.3 is 0 Å². The standard InChI is InChI=1S/C20H14ClN3/c1-13-10-11-18(23-19(13)15-7-3-4-8-16(15)21)20-22-12-14-6-2-5-9-17(14)24-20/h2-12H,1H3. The minimum absolute atomic E-state index is 0.613. The Morgan fingerprint density at radius 3 is 2.50 bits per heavy atom. The van der Waals surface area contributed by atoms with Gasteiger partial charge in [-0.25, -0.2) is 15.0 Å². The van der Waals surface area contributed by atoms with Crippen molar-refractivity contribution < 1.29 is 0 Å². The molecule has 0 aliphatic heterocycles. The van der Waals surface area contributed by atoms with Gasteiger partial charge in [0.05, 0.1) is 11.2 Å². The first kappa shape index (κ1) is 14.8.